The molecule has 0 aromatic carbocycles. The van der Waals surface area contributed by atoms with Gasteiger partial charge in [-0.2, -0.15) is 0 Å². The van der Waals surface area contributed by atoms with E-state index < -0.39 is 5.82 Å². The van der Waals surface area contributed by atoms with E-state index in [4.69, 9.17) is 0 Å². The molecular weight excluding hydrogens is 357 g/mol. The molecule has 3 aromatic rings. The number of rotatable bonds is 6. The number of fused-ring (bicyclic) bond motifs is 1. The number of nitrogens with one attached hydrogen (secondary N) is 1. The van der Waals surface area contributed by atoms with Crippen LogP contribution in [0.4, 0.5) is 4.39 Å². The van der Waals surface area contributed by atoms with Gasteiger partial charge in [-0.1, -0.05) is 0 Å². The fourth-order valence-electron chi connectivity index (χ4n) is 4.07. The van der Waals surface area contributed by atoms with Crippen molar-refractivity contribution in [1.29, 1.82) is 0 Å². The highest BCUT2D eigenvalue weighted by Crippen LogP contribution is 2.22. The molecule has 7 heteroatoms. The summed E-state index contributed by atoms with van der Waals surface area (Å²) in [6.07, 6.45) is 7.71. The number of aromatic amines is 1. The van der Waals surface area contributed by atoms with Crippen molar-refractivity contribution in [3.63, 3.8) is 0 Å². The molecule has 1 aliphatic rings. The molecule has 6 nitrogen and oxygen atoms in total. The van der Waals surface area contributed by atoms with E-state index in [1.165, 1.54) is 43.3 Å². The molecule has 0 spiro atoms. The highest BCUT2D eigenvalue weighted by molar-refractivity contribution is 5.74. The second-order valence-electron chi connectivity index (χ2n) is 7.70. The van der Waals surface area contributed by atoms with E-state index >= 15 is 0 Å². The molecular formula is C21H26FN5O. The van der Waals surface area contributed by atoms with Gasteiger partial charge in [-0.25, -0.2) is 9.37 Å². The number of H-pyrrole nitrogens is 1. The zero-order chi connectivity index (χ0) is 19.5. The molecule has 0 atom stereocenters. The minimum absolute atomic E-state index is 0.107. The number of aryl methyl sites for hydroxylation is 2. The Bertz CT molecular complexity index is 1000. The largest absolute Gasteiger partial charge is 0.346 e. The average Bonchev–Trinajstić information content (AvgIpc) is 3.12. The maximum Gasteiger partial charge on any atom is 0.251 e. The molecule has 0 saturated carbocycles. The van der Waals surface area contributed by atoms with Gasteiger partial charge in [0.05, 0.1) is 17.2 Å². The number of nitrogens with zero attached hydrogens (tertiary/aromatic N) is 4. The van der Waals surface area contributed by atoms with Crippen LogP contribution in [0.15, 0.2) is 35.4 Å². The summed E-state index contributed by atoms with van der Waals surface area (Å²) < 4.78 is 15.2. The van der Waals surface area contributed by atoms with Crippen LogP contribution in [0.1, 0.15) is 30.8 Å². The average molecular weight is 383 g/mol. The van der Waals surface area contributed by atoms with E-state index in [0.29, 0.717) is 17.6 Å². The Labute approximate surface area is 163 Å². The van der Waals surface area contributed by atoms with Crippen LogP contribution < -0.4 is 5.56 Å². The minimum Gasteiger partial charge on any atom is -0.346 e. The Morgan fingerprint density at radius 1 is 1.18 bits per heavy atom. The molecule has 1 aliphatic heterocycles. The first-order chi connectivity index (χ1) is 13.6. The van der Waals surface area contributed by atoms with E-state index in [2.05, 4.69) is 19.9 Å². The van der Waals surface area contributed by atoms with Crippen LogP contribution in [0.25, 0.3) is 11.0 Å². The van der Waals surface area contributed by atoms with E-state index in [1.54, 1.807) is 10.6 Å². The zero-order valence-electron chi connectivity index (χ0n) is 16.2. The summed E-state index contributed by atoms with van der Waals surface area (Å²) in [7, 11) is 0. The topological polar surface area (TPSA) is 66.8 Å². The summed E-state index contributed by atoms with van der Waals surface area (Å²) in [6.45, 7) is 5.41. The van der Waals surface area contributed by atoms with Gasteiger partial charge in [0.1, 0.15) is 11.6 Å². The quantitative estimate of drug-likeness (QED) is 0.711. The first-order valence-electron chi connectivity index (χ1n) is 9.96. The maximum atomic E-state index is 13.6. The van der Waals surface area contributed by atoms with E-state index in [-0.39, 0.29) is 5.56 Å². The first kappa shape index (κ1) is 18.8. The van der Waals surface area contributed by atoms with Crippen molar-refractivity contribution in [2.45, 2.75) is 39.2 Å². The molecule has 1 N–H and O–H groups in total. The van der Waals surface area contributed by atoms with Gasteiger partial charge in [0.2, 0.25) is 0 Å². The van der Waals surface area contributed by atoms with E-state index in [1.807, 2.05) is 13.1 Å². The predicted octanol–water partition coefficient (Wildman–Crippen LogP) is 2.91. The second kappa shape index (κ2) is 8.22. The fourth-order valence-corrected chi connectivity index (χ4v) is 4.07. The molecule has 1 saturated heterocycles. The highest BCUT2D eigenvalue weighted by atomic mass is 19.1. The minimum atomic E-state index is -0.417. The lowest BCUT2D eigenvalue weighted by Gasteiger charge is -2.32. The van der Waals surface area contributed by atoms with Gasteiger partial charge in [-0.3, -0.25) is 9.78 Å². The molecule has 4 rings (SSSR count). The van der Waals surface area contributed by atoms with Crippen LogP contribution >= 0.6 is 0 Å². The molecule has 0 amide bonds. The molecule has 148 valence electrons. The number of imidazole rings is 1. The van der Waals surface area contributed by atoms with Gasteiger partial charge in [-0.05, 0) is 57.7 Å². The third-order valence-electron chi connectivity index (χ3n) is 5.73. The van der Waals surface area contributed by atoms with Crippen LogP contribution in [0.5, 0.6) is 0 Å². The molecule has 1 fully saturated rings. The number of piperidine rings is 1. The number of hydrogen-bond donors (Lipinski definition) is 1. The Kier molecular flexibility index (Phi) is 5.52. The van der Waals surface area contributed by atoms with Crippen LogP contribution in [-0.2, 0) is 13.0 Å². The predicted molar refractivity (Wildman–Crippen MR) is 107 cm³/mol. The molecule has 0 radical (unpaired) electrons. The van der Waals surface area contributed by atoms with Crippen LogP contribution in [0.3, 0.4) is 0 Å². The van der Waals surface area contributed by atoms with Gasteiger partial charge in [-0.15, -0.1) is 0 Å². The summed E-state index contributed by atoms with van der Waals surface area (Å²) in [5, 5.41) is 0. The lowest BCUT2D eigenvalue weighted by Crippen LogP contribution is -2.37. The third-order valence-corrected chi connectivity index (χ3v) is 5.73. The zero-order valence-corrected chi connectivity index (χ0v) is 16.2. The van der Waals surface area contributed by atoms with Crippen molar-refractivity contribution >= 4 is 11.0 Å². The lowest BCUT2D eigenvalue weighted by atomic mass is 9.91. The van der Waals surface area contributed by atoms with Gasteiger partial charge in [0, 0.05) is 37.1 Å². The summed E-state index contributed by atoms with van der Waals surface area (Å²) >= 11 is 0. The highest BCUT2D eigenvalue weighted by Gasteiger charge is 2.19. The maximum absolute atomic E-state index is 13.6. The third kappa shape index (κ3) is 4.30. The monoisotopic (exact) mass is 383 g/mol. The van der Waals surface area contributed by atoms with Crippen LogP contribution in [-0.4, -0.2) is 44.1 Å². The molecule has 0 unspecified atom stereocenters. The number of halogens is 1. The molecule has 0 bridgehead atoms. The van der Waals surface area contributed by atoms with Crippen molar-refractivity contribution in [3.8, 4) is 0 Å². The van der Waals surface area contributed by atoms with Crippen LogP contribution in [0.2, 0.25) is 0 Å². The number of likely N-dealkylation sites (tertiary alicyclic amines) is 1. The van der Waals surface area contributed by atoms with E-state index in [0.717, 1.165) is 37.8 Å². The molecule has 3 aromatic heterocycles. The summed E-state index contributed by atoms with van der Waals surface area (Å²) in [5.74, 6) is 1.29. The van der Waals surface area contributed by atoms with Crippen molar-refractivity contribution < 1.29 is 4.39 Å². The Balaban J connectivity index is 1.31. The summed E-state index contributed by atoms with van der Waals surface area (Å²) in [5.41, 5.74) is 2.33. The lowest BCUT2D eigenvalue weighted by molar-refractivity contribution is 0.174. The standard InChI is InChI=1S/C21H26FN5O/c1-15-23-14-18(25-15)3-2-16-6-8-26(9-7-16)10-11-27-20-12-17(22)13-24-19(20)4-5-21(27)28/h4-5,12-14,16H,2-3,6-11H2,1H3,(H,23,25). The summed E-state index contributed by atoms with van der Waals surface area (Å²) in [4.78, 5) is 26.3. The smallest absolute Gasteiger partial charge is 0.251 e. The number of pyridine rings is 2. The van der Waals surface area contributed by atoms with Gasteiger partial charge >= 0.3 is 0 Å². The van der Waals surface area contributed by atoms with Gasteiger partial charge in [0.25, 0.3) is 5.56 Å². The molecule has 0 aliphatic carbocycles. The fraction of sp³-hybridized carbons (Fsp3) is 0.476. The molecule has 4 heterocycles. The first-order valence-corrected chi connectivity index (χ1v) is 9.96. The van der Waals surface area contributed by atoms with Crippen molar-refractivity contribution in [1.82, 2.24) is 24.4 Å². The number of aromatic nitrogens is 4. The Hall–Kier alpha value is -2.54. The second-order valence-corrected chi connectivity index (χ2v) is 7.70. The van der Waals surface area contributed by atoms with Crippen molar-refractivity contribution in [2.75, 3.05) is 19.6 Å². The Morgan fingerprint density at radius 3 is 2.75 bits per heavy atom. The van der Waals surface area contributed by atoms with Gasteiger partial charge in [0.15, 0.2) is 0 Å². The Morgan fingerprint density at radius 2 is 2.00 bits per heavy atom. The normalized spacial score (nSPS) is 16.1. The van der Waals surface area contributed by atoms with Crippen molar-refractivity contribution in [3.05, 3.63) is 58.3 Å². The van der Waals surface area contributed by atoms with E-state index in [9.17, 15) is 9.18 Å². The summed E-state index contributed by atoms with van der Waals surface area (Å²) in [6, 6.07) is 4.56. The van der Waals surface area contributed by atoms with Crippen molar-refractivity contribution in [2.24, 2.45) is 5.92 Å². The number of hydrogen-bond acceptors (Lipinski definition) is 4. The van der Waals surface area contributed by atoms with Gasteiger partial charge < -0.3 is 14.5 Å². The van der Waals surface area contributed by atoms with Crippen LogP contribution in [0, 0.1) is 18.7 Å². The molecule has 28 heavy (non-hydrogen) atoms. The SMILES string of the molecule is Cc1ncc(CCC2CCN(CCn3c(=O)ccc4ncc(F)cc43)CC2)[nH]1.